The van der Waals surface area contributed by atoms with Gasteiger partial charge in [0, 0.05) is 13.6 Å². The van der Waals surface area contributed by atoms with Gasteiger partial charge in [0.2, 0.25) is 5.91 Å². The predicted molar refractivity (Wildman–Crippen MR) is 90.9 cm³/mol. The number of carbonyl (C=O) groups is 2. The molecule has 2 amide bonds. The van der Waals surface area contributed by atoms with Crippen molar-refractivity contribution in [3.05, 3.63) is 22.4 Å². The molecule has 1 rings (SSSR count). The van der Waals surface area contributed by atoms with Crippen LogP contribution in [0.15, 0.2) is 17.5 Å². The zero-order valence-corrected chi connectivity index (χ0v) is 14.9. The van der Waals surface area contributed by atoms with Crippen LogP contribution in [0, 0.1) is 11.3 Å². The van der Waals surface area contributed by atoms with Gasteiger partial charge in [-0.25, -0.2) is 0 Å². The maximum atomic E-state index is 12.7. The normalized spacial score (nSPS) is 13.0. The van der Waals surface area contributed by atoms with Crippen molar-refractivity contribution >= 4 is 23.2 Å². The number of hydrogen-bond donors (Lipinski definition) is 2. The molecule has 1 aromatic heterocycles. The minimum atomic E-state index is -0.534. The third-order valence-electron chi connectivity index (χ3n) is 3.56. The van der Waals surface area contributed by atoms with Crippen molar-refractivity contribution in [2.24, 2.45) is 17.1 Å². The zero-order valence-electron chi connectivity index (χ0n) is 14.1. The summed E-state index contributed by atoms with van der Waals surface area (Å²) in [5.41, 5.74) is 5.58. The Labute approximate surface area is 136 Å². The van der Waals surface area contributed by atoms with E-state index in [-0.39, 0.29) is 23.1 Å². The lowest BCUT2D eigenvalue weighted by Gasteiger charge is -2.32. The molecule has 0 aliphatic rings. The summed E-state index contributed by atoms with van der Waals surface area (Å²) in [6.07, 6.45) is 0. The molecule has 1 atom stereocenters. The Balaban J connectivity index is 2.78. The summed E-state index contributed by atoms with van der Waals surface area (Å²) in [4.78, 5) is 27.1. The third kappa shape index (κ3) is 5.10. The Morgan fingerprint density at radius 3 is 2.50 bits per heavy atom. The van der Waals surface area contributed by atoms with Gasteiger partial charge in [-0.3, -0.25) is 9.59 Å². The van der Waals surface area contributed by atoms with Crippen LogP contribution < -0.4 is 11.1 Å². The van der Waals surface area contributed by atoms with E-state index < -0.39 is 6.04 Å². The predicted octanol–water partition coefficient (Wildman–Crippen LogP) is 1.95. The van der Waals surface area contributed by atoms with E-state index in [0.717, 1.165) is 0 Å². The first kappa shape index (κ1) is 18.6. The largest absolute Gasteiger partial charge is 0.343 e. The van der Waals surface area contributed by atoms with Crippen LogP contribution in [0.3, 0.4) is 0 Å². The highest BCUT2D eigenvalue weighted by atomic mass is 32.1. The van der Waals surface area contributed by atoms with E-state index in [9.17, 15) is 9.59 Å². The van der Waals surface area contributed by atoms with E-state index in [1.807, 2.05) is 39.1 Å². The highest BCUT2D eigenvalue weighted by molar-refractivity contribution is 7.12. The quantitative estimate of drug-likeness (QED) is 0.804. The fourth-order valence-electron chi connectivity index (χ4n) is 2.16. The van der Waals surface area contributed by atoms with Crippen molar-refractivity contribution in [1.82, 2.24) is 10.2 Å². The highest BCUT2D eigenvalue weighted by Gasteiger charge is 2.30. The number of carbonyl (C=O) groups excluding carboxylic acids is 2. The van der Waals surface area contributed by atoms with Crippen LogP contribution in [0.5, 0.6) is 0 Å². The van der Waals surface area contributed by atoms with E-state index in [2.05, 4.69) is 5.32 Å². The van der Waals surface area contributed by atoms with Crippen LogP contribution in [-0.2, 0) is 4.79 Å². The molecule has 6 heteroatoms. The van der Waals surface area contributed by atoms with E-state index in [0.29, 0.717) is 18.0 Å². The van der Waals surface area contributed by atoms with Crippen molar-refractivity contribution in [1.29, 1.82) is 0 Å². The van der Waals surface area contributed by atoms with Crippen molar-refractivity contribution in [3.63, 3.8) is 0 Å². The number of hydrogen-bond acceptors (Lipinski definition) is 4. The fourth-order valence-corrected chi connectivity index (χ4v) is 2.78. The molecule has 1 heterocycles. The van der Waals surface area contributed by atoms with Crippen molar-refractivity contribution < 1.29 is 9.59 Å². The Hall–Kier alpha value is -1.40. The van der Waals surface area contributed by atoms with Gasteiger partial charge in [-0.15, -0.1) is 11.3 Å². The number of likely N-dealkylation sites (N-methyl/N-ethyl adjacent to an activating group) is 1. The highest BCUT2D eigenvalue weighted by Crippen LogP contribution is 2.16. The van der Waals surface area contributed by atoms with Crippen LogP contribution in [0.2, 0.25) is 0 Å². The van der Waals surface area contributed by atoms with Crippen molar-refractivity contribution in [2.45, 2.75) is 33.7 Å². The Morgan fingerprint density at radius 2 is 2.05 bits per heavy atom. The number of amides is 2. The lowest BCUT2D eigenvalue weighted by atomic mass is 9.92. The lowest BCUT2D eigenvalue weighted by molar-refractivity contribution is -0.134. The summed E-state index contributed by atoms with van der Waals surface area (Å²) in [5, 5.41) is 4.70. The number of thiophene rings is 1. The summed E-state index contributed by atoms with van der Waals surface area (Å²) in [6.45, 7) is 8.95. The smallest absolute Gasteiger partial charge is 0.262 e. The van der Waals surface area contributed by atoms with E-state index in [1.54, 1.807) is 18.0 Å². The number of nitrogens with one attached hydrogen (secondary N) is 1. The van der Waals surface area contributed by atoms with Gasteiger partial charge in [0.1, 0.15) is 6.04 Å². The van der Waals surface area contributed by atoms with Crippen molar-refractivity contribution in [3.8, 4) is 0 Å². The standard InChI is InChI=1S/C16H27N3O2S/c1-11(2)13(18-14(20)12-7-6-8-22-12)15(21)19(5)10-16(3,4)9-17/h6-8,11,13H,9-10,17H2,1-5H3,(H,18,20). The first-order valence-corrected chi connectivity index (χ1v) is 8.35. The number of nitrogens with zero attached hydrogens (tertiary/aromatic N) is 1. The molecular weight excluding hydrogens is 298 g/mol. The van der Waals surface area contributed by atoms with Gasteiger partial charge in [0.05, 0.1) is 4.88 Å². The fraction of sp³-hybridized carbons (Fsp3) is 0.625. The molecule has 0 spiro atoms. The van der Waals surface area contributed by atoms with Crippen LogP contribution in [0.25, 0.3) is 0 Å². The van der Waals surface area contributed by atoms with E-state index in [4.69, 9.17) is 5.73 Å². The van der Waals surface area contributed by atoms with Gasteiger partial charge in [-0.05, 0) is 29.3 Å². The summed E-state index contributed by atoms with van der Waals surface area (Å²) >= 11 is 1.37. The summed E-state index contributed by atoms with van der Waals surface area (Å²) in [5.74, 6) is -0.269. The summed E-state index contributed by atoms with van der Waals surface area (Å²) < 4.78 is 0. The minimum absolute atomic E-state index is 0.0138. The average Bonchev–Trinajstić information content (AvgIpc) is 2.97. The third-order valence-corrected chi connectivity index (χ3v) is 4.43. The molecule has 0 saturated heterocycles. The van der Waals surface area contributed by atoms with Gasteiger partial charge >= 0.3 is 0 Å². The topological polar surface area (TPSA) is 75.4 Å². The van der Waals surface area contributed by atoms with Crippen LogP contribution in [-0.4, -0.2) is 42.9 Å². The molecule has 0 aromatic carbocycles. The molecule has 124 valence electrons. The SMILES string of the molecule is CC(C)C(NC(=O)c1cccs1)C(=O)N(C)CC(C)(C)CN. The molecule has 1 unspecified atom stereocenters. The van der Waals surface area contributed by atoms with Crippen LogP contribution in [0.4, 0.5) is 0 Å². The molecule has 0 bridgehead atoms. The second kappa shape index (κ2) is 7.74. The summed E-state index contributed by atoms with van der Waals surface area (Å²) in [6, 6.07) is 3.04. The van der Waals surface area contributed by atoms with Gasteiger partial charge in [0.25, 0.3) is 5.91 Å². The van der Waals surface area contributed by atoms with Gasteiger partial charge in [-0.2, -0.15) is 0 Å². The molecule has 22 heavy (non-hydrogen) atoms. The maximum Gasteiger partial charge on any atom is 0.262 e. The Bertz CT molecular complexity index is 497. The molecule has 0 radical (unpaired) electrons. The maximum absolute atomic E-state index is 12.7. The van der Waals surface area contributed by atoms with Crippen molar-refractivity contribution in [2.75, 3.05) is 20.1 Å². The van der Waals surface area contributed by atoms with Gasteiger partial charge in [-0.1, -0.05) is 33.8 Å². The molecule has 0 aliphatic carbocycles. The first-order valence-electron chi connectivity index (χ1n) is 7.47. The second-order valence-corrected chi connectivity index (χ2v) is 7.68. The molecular formula is C16H27N3O2S. The number of nitrogens with two attached hydrogens (primary N) is 1. The molecule has 3 N–H and O–H groups in total. The van der Waals surface area contributed by atoms with E-state index in [1.165, 1.54) is 11.3 Å². The molecule has 0 saturated carbocycles. The number of rotatable bonds is 7. The molecule has 5 nitrogen and oxygen atoms in total. The van der Waals surface area contributed by atoms with Crippen LogP contribution in [0.1, 0.15) is 37.4 Å². The van der Waals surface area contributed by atoms with Gasteiger partial charge in [0.15, 0.2) is 0 Å². The second-order valence-electron chi connectivity index (χ2n) is 6.74. The zero-order chi connectivity index (χ0) is 16.9. The van der Waals surface area contributed by atoms with Crippen LogP contribution >= 0.6 is 11.3 Å². The summed E-state index contributed by atoms with van der Waals surface area (Å²) in [7, 11) is 1.76. The average molecular weight is 325 g/mol. The molecule has 1 aromatic rings. The molecule has 0 fully saturated rings. The molecule has 0 aliphatic heterocycles. The lowest BCUT2D eigenvalue weighted by Crippen LogP contribution is -2.52. The Kier molecular flexibility index (Phi) is 6.56. The van der Waals surface area contributed by atoms with E-state index >= 15 is 0 Å². The first-order chi connectivity index (χ1) is 10.2. The minimum Gasteiger partial charge on any atom is -0.343 e. The van der Waals surface area contributed by atoms with Gasteiger partial charge < -0.3 is 16.0 Å². The monoisotopic (exact) mass is 325 g/mol. The Morgan fingerprint density at radius 1 is 1.41 bits per heavy atom.